The molecule has 0 aromatic heterocycles. The van der Waals surface area contributed by atoms with Gasteiger partial charge in [0.15, 0.2) is 0 Å². The zero-order valence-corrected chi connectivity index (χ0v) is 22.5. The Hall–Kier alpha value is -1.12. The van der Waals surface area contributed by atoms with Crippen molar-refractivity contribution in [3.63, 3.8) is 0 Å². The Kier molecular flexibility index (Phi) is 9.56. The lowest BCUT2D eigenvalue weighted by Crippen LogP contribution is -2.65. The first-order chi connectivity index (χ1) is 17.9. The van der Waals surface area contributed by atoms with Crippen molar-refractivity contribution in [3.8, 4) is 0 Å². The minimum atomic E-state index is -4.39. The van der Waals surface area contributed by atoms with Gasteiger partial charge in [-0.1, -0.05) is 12.1 Å². The molecule has 4 rings (SSSR count). The van der Waals surface area contributed by atoms with Gasteiger partial charge in [0.05, 0.1) is 23.1 Å². The van der Waals surface area contributed by atoms with Crippen molar-refractivity contribution in [1.82, 2.24) is 10.6 Å². The van der Waals surface area contributed by atoms with Gasteiger partial charge in [-0.15, -0.1) is 23.4 Å². The second-order valence-electron chi connectivity index (χ2n) is 10.2. The molecule has 0 bridgehead atoms. The average molecular weight is 583 g/mol. The minimum Gasteiger partial charge on any atom is -0.388 e. The van der Waals surface area contributed by atoms with Gasteiger partial charge >= 0.3 is 6.18 Å². The van der Waals surface area contributed by atoms with Crippen molar-refractivity contribution < 1.29 is 42.8 Å². The van der Waals surface area contributed by atoms with Gasteiger partial charge in [-0.3, -0.25) is 4.79 Å². The molecule has 3 aliphatic rings. The van der Waals surface area contributed by atoms with Crippen LogP contribution >= 0.6 is 23.4 Å². The monoisotopic (exact) mass is 582 g/mol. The van der Waals surface area contributed by atoms with Crippen molar-refractivity contribution in [2.24, 2.45) is 5.92 Å². The zero-order chi connectivity index (χ0) is 27.8. The number of thioether (sulfide) groups is 1. The molecule has 1 aromatic carbocycles. The summed E-state index contributed by atoms with van der Waals surface area (Å²) >= 11 is 7.55. The summed E-state index contributed by atoms with van der Waals surface area (Å²) in [6.45, 7) is 2.47. The lowest BCUT2D eigenvalue weighted by atomic mass is 9.85. The quantitative estimate of drug-likeness (QED) is 0.322. The number of rotatable bonds is 6. The largest absolute Gasteiger partial charge is 0.416 e. The van der Waals surface area contributed by atoms with Crippen LogP contribution in [0.2, 0.25) is 0 Å². The van der Waals surface area contributed by atoms with Crippen LogP contribution in [0.25, 0.3) is 0 Å². The molecule has 0 aliphatic carbocycles. The number of fused-ring (bicyclic) bond motifs is 1. The molecule has 5 N–H and O–H groups in total. The summed E-state index contributed by atoms with van der Waals surface area (Å²) in [6, 6.07) is 3.62. The summed E-state index contributed by atoms with van der Waals surface area (Å²) in [5.74, 6) is -0.449. The van der Waals surface area contributed by atoms with E-state index in [0.717, 1.165) is 17.7 Å². The summed E-state index contributed by atoms with van der Waals surface area (Å²) in [5, 5.41) is 36.4. The fraction of sp³-hybridized carbons (Fsp3) is 0.720. The number of benzene rings is 1. The maximum absolute atomic E-state index is 13.4. The SMILES string of the molecule is CSC1OC(C(NC(=O)C2NCC3CC(c4ccc(C(F)(F)F)cc4)CCOC32)C(C)Cl)C(O)C(O)C1O. The number of halogens is 4. The van der Waals surface area contributed by atoms with E-state index < -0.39 is 71.1 Å². The summed E-state index contributed by atoms with van der Waals surface area (Å²) < 4.78 is 50.8. The maximum Gasteiger partial charge on any atom is 0.416 e. The normalized spacial score (nSPS) is 37.7. The lowest BCUT2D eigenvalue weighted by molar-refractivity contribution is -0.205. The van der Waals surface area contributed by atoms with E-state index in [-0.39, 0.29) is 11.8 Å². The number of hydrogen-bond acceptors (Lipinski definition) is 8. The Labute approximate surface area is 228 Å². The van der Waals surface area contributed by atoms with Crippen molar-refractivity contribution >= 4 is 29.3 Å². The second-order valence-corrected chi connectivity index (χ2v) is 11.8. The molecular formula is C25H34ClF3N2O6S. The molecule has 3 aliphatic heterocycles. The van der Waals surface area contributed by atoms with Gasteiger partial charge < -0.3 is 35.4 Å². The first-order valence-corrected chi connectivity index (χ1v) is 14.3. The van der Waals surface area contributed by atoms with E-state index in [1.54, 1.807) is 13.2 Å². The number of alkyl halides is 4. The van der Waals surface area contributed by atoms with Crippen LogP contribution in [0.5, 0.6) is 0 Å². The Morgan fingerprint density at radius 2 is 1.87 bits per heavy atom. The highest BCUT2D eigenvalue weighted by Gasteiger charge is 2.49. The number of hydrogen-bond donors (Lipinski definition) is 5. The molecule has 0 spiro atoms. The third kappa shape index (κ3) is 6.27. The molecule has 13 heteroatoms. The number of amides is 1. The summed E-state index contributed by atoms with van der Waals surface area (Å²) in [7, 11) is 0. The van der Waals surface area contributed by atoms with Crippen LogP contribution in [-0.4, -0.2) is 94.1 Å². The van der Waals surface area contributed by atoms with Crippen LogP contribution in [0.15, 0.2) is 24.3 Å². The Morgan fingerprint density at radius 3 is 2.47 bits per heavy atom. The lowest BCUT2D eigenvalue weighted by Gasteiger charge is -2.44. The highest BCUT2D eigenvalue weighted by Crippen LogP contribution is 2.38. The molecule has 1 amide bonds. The predicted molar refractivity (Wildman–Crippen MR) is 136 cm³/mol. The highest BCUT2D eigenvalue weighted by molar-refractivity contribution is 7.99. The van der Waals surface area contributed by atoms with Gasteiger partial charge in [0, 0.05) is 19.1 Å². The molecule has 3 fully saturated rings. The van der Waals surface area contributed by atoms with Crippen molar-refractivity contribution in [2.75, 3.05) is 19.4 Å². The standard InChI is InChI=1S/C25H34ClF3N2O6S/c1-11(26)16(22-19(33)18(32)20(34)24(37-22)38-2)31-23(35)17-21-14(10-30-17)9-13(7-8-36-21)12-3-5-15(6-4-12)25(27,28)29/h3-6,11,13-14,16-22,24,30,32-34H,7-10H2,1-2H3,(H,31,35). The van der Waals surface area contributed by atoms with Crippen LogP contribution < -0.4 is 10.6 Å². The molecule has 38 heavy (non-hydrogen) atoms. The molecule has 3 heterocycles. The topological polar surface area (TPSA) is 120 Å². The Balaban J connectivity index is 1.43. The Morgan fingerprint density at radius 1 is 1.18 bits per heavy atom. The number of carbonyl (C=O) groups excluding carboxylic acids is 1. The summed E-state index contributed by atoms with van der Waals surface area (Å²) in [4.78, 5) is 13.4. The Bertz CT molecular complexity index is 956. The fourth-order valence-electron chi connectivity index (χ4n) is 5.63. The van der Waals surface area contributed by atoms with Gasteiger partial charge in [-0.2, -0.15) is 13.2 Å². The van der Waals surface area contributed by atoms with E-state index in [0.29, 0.717) is 26.0 Å². The summed E-state index contributed by atoms with van der Waals surface area (Å²) in [5.41, 5.74) is -0.697. The molecule has 11 unspecified atom stereocenters. The second kappa shape index (κ2) is 12.2. The maximum atomic E-state index is 13.4. The van der Waals surface area contributed by atoms with Crippen LogP contribution in [0.4, 0.5) is 13.2 Å². The van der Waals surface area contributed by atoms with Crippen LogP contribution in [0.1, 0.15) is 36.8 Å². The fourth-order valence-corrected chi connectivity index (χ4v) is 6.51. The molecular weight excluding hydrogens is 549 g/mol. The number of aliphatic hydroxyl groups is 3. The van der Waals surface area contributed by atoms with E-state index in [9.17, 15) is 33.3 Å². The van der Waals surface area contributed by atoms with Crippen LogP contribution in [0.3, 0.4) is 0 Å². The van der Waals surface area contributed by atoms with Crippen molar-refractivity contribution in [1.29, 1.82) is 0 Å². The van der Waals surface area contributed by atoms with Gasteiger partial charge in [0.25, 0.3) is 0 Å². The average Bonchev–Trinajstić information content (AvgIpc) is 3.15. The third-order valence-electron chi connectivity index (χ3n) is 7.75. The molecule has 11 atom stereocenters. The van der Waals surface area contributed by atoms with Gasteiger partial charge in [0.1, 0.15) is 35.9 Å². The molecule has 0 saturated carbocycles. The van der Waals surface area contributed by atoms with Crippen molar-refractivity contribution in [3.05, 3.63) is 35.4 Å². The van der Waals surface area contributed by atoms with E-state index in [1.165, 1.54) is 23.9 Å². The van der Waals surface area contributed by atoms with Crippen LogP contribution in [-0.2, 0) is 20.4 Å². The number of ether oxygens (including phenoxy) is 2. The molecule has 0 radical (unpaired) electrons. The van der Waals surface area contributed by atoms with Crippen molar-refractivity contribution in [2.45, 2.75) is 85.3 Å². The van der Waals surface area contributed by atoms with Crippen LogP contribution in [0, 0.1) is 5.92 Å². The van der Waals surface area contributed by atoms with Gasteiger partial charge in [0.2, 0.25) is 5.91 Å². The van der Waals surface area contributed by atoms with Gasteiger partial charge in [-0.25, -0.2) is 0 Å². The number of nitrogens with one attached hydrogen (secondary N) is 2. The minimum absolute atomic E-state index is 0.00585. The smallest absolute Gasteiger partial charge is 0.388 e. The molecule has 3 saturated heterocycles. The van der Waals surface area contributed by atoms with E-state index in [4.69, 9.17) is 21.1 Å². The van der Waals surface area contributed by atoms with E-state index in [1.807, 2.05) is 0 Å². The highest BCUT2D eigenvalue weighted by atomic mass is 35.5. The van der Waals surface area contributed by atoms with Gasteiger partial charge in [-0.05, 0) is 49.6 Å². The first kappa shape index (κ1) is 29.9. The van der Waals surface area contributed by atoms with E-state index >= 15 is 0 Å². The zero-order valence-electron chi connectivity index (χ0n) is 21.0. The van der Waals surface area contributed by atoms with E-state index in [2.05, 4.69) is 10.6 Å². The molecule has 8 nitrogen and oxygen atoms in total. The third-order valence-corrected chi connectivity index (χ3v) is 8.87. The predicted octanol–water partition coefficient (Wildman–Crippen LogP) is 1.84. The molecule has 214 valence electrons. The molecule has 1 aromatic rings. The first-order valence-electron chi connectivity index (χ1n) is 12.6. The number of aliphatic hydroxyl groups excluding tert-OH is 3. The number of carbonyl (C=O) groups is 1. The summed E-state index contributed by atoms with van der Waals surface area (Å²) in [6.07, 6.45) is -7.19.